The van der Waals surface area contributed by atoms with E-state index in [9.17, 15) is 14.9 Å². The van der Waals surface area contributed by atoms with Gasteiger partial charge in [0, 0.05) is 23.7 Å². The highest BCUT2D eigenvalue weighted by molar-refractivity contribution is 5.94. The predicted molar refractivity (Wildman–Crippen MR) is 87.6 cm³/mol. The van der Waals surface area contributed by atoms with Gasteiger partial charge in [0.1, 0.15) is 0 Å². The second-order valence-corrected chi connectivity index (χ2v) is 5.36. The molecule has 1 fully saturated rings. The van der Waals surface area contributed by atoms with Gasteiger partial charge in [-0.25, -0.2) is 0 Å². The molecule has 1 aliphatic heterocycles. The average molecular weight is 328 g/mol. The van der Waals surface area contributed by atoms with Gasteiger partial charge in [0.25, 0.3) is 11.6 Å². The summed E-state index contributed by atoms with van der Waals surface area (Å²) in [6.07, 6.45) is 2.66. The van der Waals surface area contributed by atoms with Crippen molar-refractivity contribution in [1.82, 2.24) is 10.6 Å². The molecule has 2 rings (SSSR count). The summed E-state index contributed by atoms with van der Waals surface area (Å²) in [7, 11) is 0. The molecule has 0 radical (unpaired) electrons. The zero-order valence-corrected chi connectivity index (χ0v) is 13.4. The summed E-state index contributed by atoms with van der Waals surface area (Å²) in [5.74, 6) is 0.369. The number of nitro groups is 1. The van der Waals surface area contributed by atoms with E-state index in [0.29, 0.717) is 30.0 Å². The van der Waals surface area contributed by atoms with Crippen LogP contribution in [0.15, 0.2) is 18.2 Å². The minimum atomic E-state index is -0.431. The maximum Gasteiger partial charge on any atom is 0.273 e. The topological polar surface area (TPSA) is 84.3 Å². The van der Waals surface area contributed by atoms with Gasteiger partial charge in [-0.1, -0.05) is 13.0 Å². The number of hydrogen-bond acceptors (Lipinski definition) is 4. The SMILES string of the molecule is CCc1ccc(C(=O)NCCC2CCNC2)cc1[N+](=O)[O-].Cl. The number of nitrogens with one attached hydrogen (secondary N) is 2. The van der Waals surface area contributed by atoms with E-state index in [1.807, 2.05) is 6.92 Å². The molecule has 1 atom stereocenters. The lowest BCUT2D eigenvalue weighted by atomic mass is 10.0. The van der Waals surface area contributed by atoms with Gasteiger partial charge in [-0.2, -0.15) is 0 Å². The average Bonchev–Trinajstić information content (AvgIpc) is 2.99. The van der Waals surface area contributed by atoms with Crippen molar-refractivity contribution >= 4 is 24.0 Å². The fourth-order valence-corrected chi connectivity index (χ4v) is 2.63. The van der Waals surface area contributed by atoms with Crippen LogP contribution in [0.5, 0.6) is 0 Å². The molecule has 0 aromatic heterocycles. The zero-order valence-electron chi connectivity index (χ0n) is 12.6. The molecule has 0 bridgehead atoms. The molecule has 0 spiro atoms. The minimum Gasteiger partial charge on any atom is -0.352 e. The number of halogens is 1. The number of carbonyl (C=O) groups excluding carboxylic acids is 1. The molecule has 1 aromatic rings. The van der Waals surface area contributed by atoms with Crippen LogP contribution in [-0.4, -0.2) is 30.5 Å². The van der Waals surface area contributed by atoms with Gasteiger partial charge in [0.15, 0.2) is 0 Å². The minimum absolute atomic E-state index is 0. The van der Waals surface area contributed by atoms with E-state index < -0.39 is 4.92 Å². The molecule has 1 aromatic carbocycles. The molecule has 0 aliphatic carbocycles. The van der Waals surface area contributed by atoms with E-state index in [0.717, 1.165) is 25.9 Å². The van der Waals surface area contributed by atoms with Crippen LogP contribution < -0.4 is 10.6 Å². The van der Waals surface area contributed by atoms with E-state index in [1.54, 1.807) is 12.1 Å². The van der Waals surface area contributed by atoms with Crippen molar-refractivity contribution < 1.29 is 9.72 Å². The van der Waals surface area contributed by atoms with Crippen LogP contribution >= 0.6 is 12.4 Å². The Morgan fingerprint density at radius 1 is 1.50 bits per heavy atom. The van der Waals surface area contributed by atoms with Crippen LogP contribution in [0, 0.1) is 16.0 Å². The third-order valence-electron chi connectivity index (χ3n) is 3.93. The molecule has 2 N–H and O–H groups in total. The summed E-state index contributed by atoms with van der Waals surface area (Å²) in [6, 6.07) is 4.68. The quantitative estimate of drug-likeness (QED) is 0.620. The lowest BCUT2D eigenvalue weighted by molar-refractivity contribution is -0.385. The van der Waals surface area contributed by atoms with Gasteiger partial charge < -0.3 is 10.6 Å². The molecule has 0 saturated carbocycles. The second kappa shape index (κ2) is 8.70. The molecule has 1 saturated heterocycles. The molecule has 7 heteroatoms. The highest BCUT2D eigenvalue weighted by atomic mass is 35.5. The Kier molecular flexibility index (Phi) is 7.27. The van der Waals surface area contributed by atoms with Crippen molar-refractivity contribution in [3.63, 3.8) is 0 Å². The van der Waals surface area contributed by atoms with Crippen LogP contribution in [0.25, 0.3) is 0 Å². The summed E-state index contributed by atoms with van der Waals surface area (Å²) < 4.78 is 0. The van der Waals surface area contributed by atoms with Crippen LogP contribution in [0.1, 0.15) is 35.7 Å². The Hall–Kier alpha value is -1.66. The van der Waals surface area contributed by atoms with Crippen LogP contribution in [0.2, 0.25) is 0 Å². The van der Waals surface area contributed by atoms with E-state index in [2.05, 4.69) is 10.6 Å². The number of rotatable bonds is 6. The molecule has 1 unspecified atom stereocenters. The molecular weight excluding hydrogens is 306 g/mol. The lowest BCUT2D eigenvalue weighted by Gasteiger charge is -2.10. The van der Waals surface area contributed by atoms with Crippen molar-refractivity contribution in [3.05, 3.63) is 39.4 Å². The number of amides is 1. The van der Waals surface area contributed by atoms with Gasteiger partial charge in [0.05, 0.1) is 4.92 Å². The van der Waals surface area contributed by atoms with Crippen molar-refractivity contribution in [2.75, 3.05) is 19.6 Å². The predicted octanol–water partition coefficient (Wildman–Crippen LogP) is 2.31. The first-order chi connectivity index (χ1) is 10.1. The van der Waals surface area contributed by atoms with Gasteiger partial charge >= 0.3 is 0 Å². The van der Waals surface area contributed by atoms with Crippen LogP contribution in [-0.2, 0) is 6.42 Å². The monoisotopic (exact) mass is 327 g/mol. The summed E-state index contributed by atoms with van der Waals surface area (Å²) in [5.41, 5.74) is 1.02. The van der Waals surface area contributed by atoms with E-state index in [4.69, 9.17) is 0 Å². The van der Waals surface area contributed by atoms with Gasteiger partial charge in [-0.05, 0) is 44.3 Å². The standard InChI is InChI=1S/C15H21N3O3.ClH/c1-2-12-3-4-13(9-14(12)18(20)21)15(19)17-8-6-11-5-7-16-10-11;/h3-4,9,11,16H,2,5-8,10H2,1H3,(H,17,19);1H. The Bertz CT molecular complexity index is 531. The van der Waals surface area contributed by atoms with E-state index in [-0.39, 0.29) is 24.0 Å². The van der Waals surface area contributed by atoms with Crippen molar-refractivity contribution in [2.45, 2.75) is 26.2 Å². The molecule has 1 amide bonds. The fraction of sp³-hybridized carbons (Fsp3) is 0.533. The zero-order chi connectivity index (χ0) is 15.2. The first kappa shape index (κ1) is 18.4. The molecule has 6 nitrogen and oxygen atoms in total. The van der Waals surface area contributed by atoms with Crippen molar-refractivity contribution in [3.8, 4) is 0 Å². The lowest BCUT2D eigenvalue weighted by Crippen LogP contribution is -2.26. The van der Waals surface area contributed by atoms with Crippen LogP contribution in [0.3, 0.4) is 0 Å². The normalized spacial score (nSPS) is 16.9. The fourth-order valence-electron chi connectivity index (χ4n) is 2.63. The first-order valence-corrected chi connectivity index (χ1v) is 7.38. The number of nitro benzene ring substituents is 1. The molecule has 22 heavy (non-hydrogen) atoms. The third-order valence-corrected chi connectivity index (χ3v) is 3.93. The maximum absolute atomic E-state index is 12.0. The van der Waals surface area contributed by atoms with Crippen molar-refractivity contribution in [1.29, 1.82) is 0 Å². The number of aryl methyl sites for hydroxylation is 1. The van der Waals surface area contributed by atoms with E-state index >= 15 is 0 Å². The number of carbonyl (C=O) groups is 1. The molecule has 1 aliphatic rings. The van der Waals surface area contributed by atoms with Gasteiger partial charge in [0.2, 0.25) is 0 Å². The summed E-state index contributed by atoms with van der Waals surface area (Å²) in [5, 5.41) is 17.1. The third kappa shape index (κ3) is 4.68. The summed E-state index contributed by atoms with van der Waals surface area (Å²) >= 11 is 0. The maximum atomic E-state index is 12.0. The molecule has 122 valence electrons. The summed E-state index contributed by atoms with van der Waals surface area (Å²) in [4.78, 5) is 22.6. The number of nitrogens with zero attached hydrogens (tertiary/aromatic N) is 1. The first-order valence-electron chi connectivity index (χ1n) is 7.38. The Labute approximate surface area is 136 Å². The van der Waals surface area contributed by atoms with Crippen molar-refractivity contribution in [2.24, 2.45) is 5.92 Å². The summed E-state index contributed by atoms with van der Waals surface area (Å²) in [6.45, 7) is 4.52. The highest BCUT2D eigenvalue weighted by Crippen LogP contribution is 2.21. The largest absolute Gasteiger partial charge is 0.352 e. The van der Waals surface area contributed by atoms with Gasteiger partial charge in [-0.3, -0.25) is 14.9 Å². The van der Waals surface area contributed by atoms with Gasteiger partial charge in [-0.15, -0.1) is 12.4 Å². The smallest absolute Gasteiger partial charge is 0.273 e. The Balaban J connectivity index is 0.00000242. The second-order valence-electron chi connectivity index (χ2n) is 5.36. The molecule has 1 heterocycles. The Morgan fingerprint density at radius 3 is 2.86 bits per heavy atom. The highest BCUT2D eigenvalue weighted by Gasteiger charge is 2.17. The van der Waals surface area contributed by atoms with E-state index in [1.165, 1.54) is 6.07 Å². The number of hydrogen-bond donors (Lipinski definition) is 2. The van der Waals surface area contributed by atoms with Crippen LogP contribution in [0.4, 0.5) is 5.69 Å². The molecular formula is C15H22ClN3O3. The Morgan fingerprint density at radius 2 is 2.27 bits per heavy atom. The number of benzene rings is 1.